The van der Waals surface area contributed by atoms with Crippen molar-refractivity contribution in [2.45, 2.75) is 13.0 Å². The number of aromatic nitrogens is 2. The lowest BCUT2D eigenvalue weighted by atomic mass is 10.1. The van der Waals surface area contributed by atoms with Gasteiger partial charge in [0, 0.05) is 6.54 Å². The first-order valence-corrected chi connectivity index (χ1v) is 6.16. The number of nitrogens with zero attached hydrogens (tertiary/aromatic N) is 2. The highest BCUT2D eigenvalue weighted by Gasteiger charge is 2.05. The summed E-state index contributed by atoms with van der Waals surface area (Å²) in [6.07, 6.45) is 0.827. The van der Waals surface area contributed by atoms with Gasteiger partial charge in [0.05, 0.1) is 13.7 Å². The van der Waals surface area contributed by atoms with E-state index in [0.717, 1.165) is 17.7 Å². The number of ether oxygens (including phenoxy) is 1. The van der Waals surface area contributed by atoms with E-state index in [1.54, 1.807) is 7.11 Å². The molecule has 0 atom stereocenters. The molecule has 6 nitrogen and oxygen atoms in total. The molecule has 2 rings (SSSR count). The summed E-state index contributed by atoms with van der Waals surface area (Å²) in [5.41, 5.74) is 1.15. The third kappa shape index (κ3) is 3.69. The van der Waals surface area contributed by atoms with E-state index >= 15 is 0 Å². The van der Waals surface area contributed by atoms with Crippen molar-refractivity contribution in [3.05, 3.63) is 35.7 Å². The van der Waals surface area contributed by atoms with Gasteiger partial charge in [-0.05, 0) is 25.1 Å². The molecule has 0 aliphatic rings. The largest absolute Gasteiger partial charge is 0.496 e. The first-order valence-electron chi connectivity index (χ1n) is 6.16. The second-order valence-electron chi connectivity index (χ2n) is 4.02. The fourth-order valence-electron chi connectivity index (χ4n) is 1.76. The molecule has 19 heavy (non-hydrogen) atoms. The number of para-hydroxylation sites is 1. The smallest absolute Gasteiger partial charge is 0.315 e. The molecule has 1 heterocycles. The minimum Gasteiger partial charge on any atom is -0.496 e. The van der Waals surface area contributed by atoms with E-state index in [4.69, 9.17) is 9.15 Å². The summed E-state index contributed by atoms with van der Waals surface area (Å²) in [5.74, 6) is 1.47. The lowest BCUT2D eigenvalue weighted by molar-refractivity contribution is 0.410. The summed E-state index contributed by atoms with van der Waals surface area (Å²) in [6, 6.07) is 8.39. The highest BCUT2D eigenvalue weighted by atomic mass is 16.5. The Morgan fingerprint density at radius 3 is 2.89 bits per heavy atom. The minimum atomic E-state index is 0.445. The monoisotopic (exact) mass is 262 g/mol. The zero-order chi connectivity index (χ0) is 13.5. The van der Waals surface area contributed by atoms with Crippen molar-refractivity contribution in [1.82, 2.24) is 15.5 Å². The highest BCUT2D eigenvalue weighted by molar-refractivity contribution is 5.34. The molecular weight excluding hydrogens is 244 g/mol. The van der Waals surface area contributed by atoms with E-state index in [2.05, 4.69) is 20.8 Å². The quantitative estimate of drug-likeness (QED) is 0.787. The second-order valence-corrected chi connectivity index (χ2v) is 4.02. The molecular formula is C13H18N4O2. The van der Waals surface area contributed by atoms with Gasteiger partial charge in [-0.1, -0.05) is 23.3 Å². The fraction of sp³-hybridized carbons (Fsp3) is 0.385. The van der Waals surface area contributed by atoms with Crippen molar-refractivity contribution in [2.75, 3.05) is 26.0 Å². The van der Waals surface area contributed by atoms with Crippen LogP contribution in [0.2, 0.25) is 0 Å². The third-order valence-electron chi connectivity index (χ3n) is 2.66. The van der Waals surface area contributed by atoms with Crippen LogP contribution in [0, 0.1) is 0 Å². The first-order chi connectivity index (χ1) is 9.33. The van der Waals surface area contributed by atoms with E-state index in [9.17, 15) is 0 Å². The van der Waals surface area contributed by atoms with E-state index in [1.165, 1.54) is 0 Å². The molecule has 0 amide bonds. The topological polar surface area (TPSA) is 72.2 Å². The lowest BCUT2D eigenvalue weighted by Gasteiger charge is -2.07. The van der Waals surface area contributed by atoms with Gasteiger partial charge in [0.1, 0.15) is 5.75 Å². The van der Waals surface area contributed by atoms with Crippen LogP contribution in [-0.2, 0) is 13.0 Å². The Kier molecular flexibility index (Phi) is 4.74. The first kappa shape index (κ1) is 13.4. The predicted octanol–water partition coefficient (Wildman–Crippen LogP) is 1.45. The van der Waals surface area contributed by atoms with Gasteiger partial charge < -0.3 is 19.8 Å². The minimum absolute atomic E-state index is 0.445. The van der Waals surface area contributed by atoms with Crippen LogP contribution >= 0.6 is 0 Å². The van der Waals surface area contributed by atoms with Crippen molar-refractivity contribution in [3.63, 3.8) is 0 Å². The Bertz CT molecular complexity index is 513. The van der Waals surface area contributed by atoms with Crippen LogP contribution in [0.4, 0.5) is 6.01 Å². The summed E-state index contributed by atoms with van der Waals surface area (Å²) in [4.78, 5) is 0. The van der Waals surface area contributed by atoms with Crippen LogP contribution in [0.3, 0.4) is 0 Å². The molecule has 0 unspecified atom stereocenters. The molecule has 0 fully saturated rings. The van der Waals surface area contributed by atoms with Gasteiger partial charge in [-0.15, -0.1) is 5.10 Å². The third-order valence-corrected chi connectivity index (χ3v) is 2.66. The van der Waals surface area contributed by atoms with Gasteiger partial charge in [-0.2, -0.15) is 0 Å². The fourth-order valence-corrected chi connectivity index (χ4v) is 1.76. The molecule has 102 valence electrons. The molecule has 0 aliphatic carbocycles. The van der Waals surface area contributed by atoms with Gasteiger partial charge in [0.2, 0.25) is 5.89 Å². The Morgan fingerprint density at radius 2 is 2.11 bits per heavy atom. The molecule has 0 saturated carbocycles. The van der Waals surface area contributed by atoms with Crippen LogP contribution in [0.15, 0.2) is 28.7 Å². The van der Waals surface area contributed by atoms with Gasteiger partial charge >= 0.3 is 6.01 Å². The molecule has 0 aliphatic heterocycles. The van der Waals surface area contributed by atoms with Crippen LogP contribution in [-0.4, -0.2) is 30.9 Å². The van der Waals surface area contributed by atoms with Crippen molar-refractivity contribution >= 4 is 6.01 Å². The zero-order valence-corrected chi connectivity index (χ0v) is 11.1. The molecule has 0 bridgehead atoms. The molecule has 0 radical (unpaired) electrons. The molecule has 1 aromatic heterocycles. The number of anilines is 1. The summed E-state index contributed by atoms with van der Waals surface area (Å²) < 4.78 is 10.7. The van der Waals surface area contributed by atoms with Crippen LogP contribution in [0.5, 0.6) is 5.75 Å². The number of hydrogen-bond acceptors (Lipinski definition) is 6. The zero-order valence-electron chi connectivity index (χ0n) is 11.1. The molecule has 2 N–H and O–H groups in total. The number of nitrogens with one attached hydrogen (secondary N) is 2. The second kappa shape index (κ2) is 6.75. The normalized spacial score (nSPS) is 10.4. The van der Waals surface area contributed by atoms with E-state index < -0.39 is 0 Å². The highest BCUT2D eigenvalue weighted by Crippen LogP contribution is 2.17. The van der Waals surface area contributed by atoms with E-state index in [1.807, 2.05) is 31.3 Å². The Balaban J connectivity index is 1.85. The predicted molar refractivity (Wildman–Crippen MR) is 72.2 cm³/mol. The maximum atomic E-state index is 5.39. The SMILES string of the molecule is CNCc1nnc(NCCc2ccccc2OC)o1. The number of methoxy groups -OCH3 is 1. The molecule has 0 spiro atoms. The Hall–Kier alpha value is -2.08. The molecule has 1 aromatic carbocycles. The summed E-state index contributed by atoms with van der Waals surface area (Å²) in [5, 5.41) is 13.9. The van der Waals surface area contributed by atoms with Gasteiger partial charge in [-0.25, -0.2) is 0 Å². The van der Waals surface area contributed by atoms with Gasteiger partial charge in [0.15, 0.2) is 0 Å². The van der Waals surface area contributed by atoms with Crippen molar-refractivity contribution in [3.8, 4) is 5.75 Å². The standard InChI is InChI=1S/C13H18N4O2/c1-14-9-12-16-17-13(19-12)15-8-7-10-5-3-4-6-11(10)18-2/h3-6,14H,7-9H2,1-2H3,(H,15,17). The Morgan fingerprint density at radius 1 is 1.26 bits per heavy atom. The maximum absolute atomic E-state index is 5.39. The van der Waals surface area contributed by atoms with Crippen molar-refractivity contribution < 1.29 is 9.15 Å². The van der Waals surface area contributed by atoms with Crippen molar-refractivity contribution in [1.29, 1.82) is 0 Å². The summed E-state index contributed by atoms with van der Waals surface area (Å²) in [6.45, 7) is 1.28. The maximum Gasteiger partial charge on any atom is 0.315 e. The number of benzene rings is 1. The molecule has 6 heteroatoms. The van der Waals surface area contributed by atoms with Crippen molar-refractivity contribution in [2.24, 2.45) is 0 Å². The lowest BCUT2D eigenvalue weighted by Crippen LogP contribution is -2.06. The van der Waals surface area contributed by atoms with Gasteiger partial charge in [0.25, 0.3) is 0 Å². The van der Waals surface area contributed by atoms with E-state index in [0.29, 0.717) is 25.0 Å². The summed E-state index contributed by atoms with van der Waals surface area (Å²) in [7, 11) is 3.51. The van der Waals surface area contributed by atoms with Crippen LogP contribution in [0.1, 0.15) is 11.5 Å². The average molecular weight is 262 g/mol. The summed E-state index contributed by atoms with van der Waals surface area (Å²) >= 11 is 0. The average Bonchev–Trinajstić information content (AvgIpc) is 2.87. The molecule has 0 saturated heterocycles. The Labute approximate surface area is 112 Å². The molecule has 2 aromatic rings. The number of hydrogen-bond donors (Lipinski definition) is 2. The van der Waals surface area contributed by atoms with Gasteiger partial charge in [-0.3, -0.25) is 0 Å². The van der Waals surface area contributed by atoms with Crippen LogP contribution < -0.4 is 15.4 Å². The van der Waals surface area contributed by atoms with Crippen LogP contribution in [0.25, 0.3) is 0 Å². The number of rotatable bonds is 7. The van der Waals surface area contributed by atoms with E-state index in [-0.39, 0.29) is 0 Å².